The highest BCUT2D eigenvalue weighted by Crippen LogP contribution is 2.37. The Balaban J connectivity index is 1.49. The van der Waals surface area contributed by atoms with Crippen LogP contribution in [-0.4, -0.2) is 48.2 Å². The first-order valence-electron chi connectivity index (χ1n) is 9.39. The van der Waals surface area contributed by atoms with Gasteiger partial charge in [-0.3, -0.25) is 4.79 Å². The Morgan fingerprint density at radius 1 is 1.15 bits per heavy atom. The molecule has 6 heteroatoms. The number of hydrogen-bond acceptors (Lipinski definition) is 4. The number of nitrogens with zero attached hydrogens (tertiary/aromatic N) is 2. The Bertz CT molecular complexity index is 793. The van der Waals surface area contributed by atoms with Crippen LogP contribution in [0.15, 0.2) is 48.5 Å². The van der Waals surface area contributed by atoms with Gasteiger partial charge in [0, 0.05) is 32.2 Å². The van der Waals surface area contributed by atoms with E-state index in [4.69, 9.17) is 9.47 Å². The van der Waals surface area contributed by atoms with Gasteiger partial charge in [0.25, 0.3) is 0 Å². The monoisotopic (exact) mass is 370 g/mol. The highest BCUT2D eigenvalue weighted by atomic mass is 19.1. The maximum absolute atomic E-state index is 13.5. The molecule has 2 aromatic rings. The van der Waals surface area contributed by atoms with Crippen LogP contribution in [0.5, 0.6) is 5.88 Å². The molecule has 2 fully saturated rings. The van der Waals surface area contributed by atoms with E-state index in [-0.39, 0.29) is 17.9 Å². The fraction of sp³-hybridized carbons (Fsp3) is 0.429. The second-order valence-corrected chi connectivity index (χ2v) is 7.14. The zero-order valence-corrected chi connectivity index (χ0v) is 15.1. The summed E-state index contributed by atoms with van der Waals surface area (Å²) >= 11 is 0. The van der Waals surface area contributed by atoms with Gasteiger partial charge < -0.3 is 14.4 Å². The third-order valence-electron chi connectivity index (χ3n) is 5.49. The van der Waals surface area contributed by atoms with E-state index in [1.54, 1.807) is 12.1 Å². The molecular weight excluding hydrogens is 347 g/mol. The van der Waals surface area contributed by atoms with Gasteiger partial charge in [-0.15, -0.1) is 0 Å². The van der Waals surface area contributed by atoms with E-state index in [0.29, 0.717) is 45.6 Å². The highest BCUT2D eigenvalue weighted by molar-refractivity contribution is 5.88. The molecule has 3 heterocycles. The SMILES string of the molecule is O=C(N1CCC(Oc2cccc(F)n2)C1)C1(c2ccccc2)CCOCC1. The predicted molar refractivity (Wildman–Crippen MR) is 98.0 cm³/mol. The summed E-state index contributed by atoms with van der Waals surface area (Å²) in [5.74, 6) is -0.169. The Morgan fingerprint density at radius 2 is 1.93 bits per heavy atom. The van der Waals surface area contributed by atoms with Crippen molar-refractivity contribution in [3.05, 3.63) is 60.0 Å². The van der Waals surface area contributed by atoms with E-state index in [2.05, 4.69) is 4.98 Å². The van der Waals surface area contributed by atoms with Crippen molar-refractivity contribution in [1.29, 1.82) is 0 Å². The van der Waals surface area contributed by atoms with Crippen molar-refractivity contribution < 1.29 is 18.7 Å². The van der Waals surface area contributed by atoms with Gasteiger partial charge in [-0.25, -0.2) is 0 Å². The molecule has 0 aliphatic carbocycles. The van der Waals surface area contributed by atoms with E-state index in [0.717, 1.165) is 5.56 Å². The van der Waals surface area contributed by atoms with Gasteiger partial charge in [0.2, 0.25) is 17.7 Å². The van der Waals surface area contributed by atoms with Crippen LogP contribution < -0.4 is 4.74 Å². The topological polar surface area (TPSA) is 51.7 Å². The minimum atomic E-state index is -0.566. The molecule has 142 valence electrons. The standard InChI is InChI=1S/C21H23FN2O3/c22-18-7-4-8-19(23-18)27-17-9-12-24(15-17)20(25)21(10-13-26-14-11-21)16-5-2-1-3-6-16/h1-8,17H,9-15H2. The summed E-state index contributed by atoms with van der Waals surface area (Å²) in [6.45, 7) is 2.30. The molecule has 1 unspecified atom stereocenters. The Labute approximate surface area is 158 Å². The number of likely N-dealkylation sites (tertiary alicyclic amines) is 1. The molecular formula is C21H23FN2O3. The van der Waals surface area contributed by atoms with Crippen molar-refractivity contribution >= 4 is 5.91 Å². The Hall–Kier alpha value is -2.47. The van der Waals surface area contributed by atoms with Crippen LogP contribution in [-0.2, 0) is 14.9 Å². The average Bonchev–Trinajstić information content (AvgIpc) is 3.17. The van der Waals surface area contributed by atoms with Gasteiger partial charge in [0.05, 0.1) is 12.0 Å². The summed E-state index contributed by atoms with van der Waals surface area (Å²) in [4.78, 5) is 19.1. The number of benzene rings is 1. The molecule has 27 heavy (non-hydrogen) atoms. The molecule has 4 rings (SSSR count). The lowest BCUT2D eigenvalue weighted by Crippen LogP contribution is -2.49. The first kappa shape index (κ1) is 17.9. The fourth-order valence-corrected chi connectivity index (χ4v) is 4.04. The van der Waals surface area contributed by atoms with Crippen LogP contribution in [0.2, 0.25) is 0 Å². The van der Waals surface area contributed by atoms with Crippen molar-refractivity contribution in [2.45, 2.75) is 30.8 Å². The van der Waals surface area contributed by atoms with Crippen molar-refractivity contribution in [2.75, 3.05) is 26.3 Å². The number of ether oxygens (including phenoxy) is 2. The average molecular weight is 370 g/mol. The molecule has 1 aromatic heterocycles. The van der Waals surface area contributed by atoms with Crippen LogP contribution in [0.25, 0.3) is 0 Å². The molecule has 1 aromatic carbocycles. The zero-order chi connectivity index (χ0) is 18.7. The van der Waals surface area contributed by atoms with Gasteiger partial charge in [-0.1, -0.05) is 36.4 Å². The van der Waals surface area contributed by atoms with Crippen LogP contribution in [0.4, 0.5) is 4.39 Å². The molecule has 0 bridgehead atoms. The number of aromatic nitrogens is 1. The Kier molecular flexibility index (Phi) is 5.07. The van der Waals surface area contributed by atoms with E-state index in [1.807, 2.05) is 35.2 Å². The molecule has 0 N–H and O–H groups in total. The van der Waals surface area contributed by atoms with E-state index >= 15 is 0 Å². The lowest BCUT2D eigenvalue weighted by atomic mass is 9.73. The van der Waals surface area contributed by atoms with Crippen molar-refractivity contribution in [1.82, 2.24) is 9.88 Å². The normalized spacial score (nSPS) is 21.8. The quantitative estimate of drug-likeness (QED) is 0.777. The number of amides is 1. The maximum Gasteiger partial charge on any atom is 0.233 e. The lowest BCUT2D eigenvalue weighted by molar-refractivity contribution is -0.140. The van der Waals surface area contributed by atoms with Gasteiger partial charge >= 0.3 is 0 Å². The second kappa shape index (κ2) is 7.64. The molecule has 2 saturated heterocycles. The van der Waals surface area contributed by atoms with Crippen molar-refractivity contribution in [2.24, 2.45) is 0 Å². The molecule has 0 radical (unpaired) electrons. The number of carbonyl (C=O) groups is 1. The largest absolute Gasteiger partial charge is 0.472 e. The van der Waals surface area contributed by atoms with Crippen LogP contribution in [0.3, 0.4) is 0 Å². The number of halogens is 1. The molecule has 5 nitrogen and oxygen atoms in total. The summed E-state index contributed by atoms with van der Waals surface area (Å²) in [6, 6.07) is 14.5. The van der Waals surface area contributed by atoms with Crippen LogP contribution in [0, 0.1) is 5.95 Å². The summed E-state index contributed by atoms with van der Waals surface area (Å²) in [7, 11) is 0. The van der Waals surface area contributed by atoms with E-state index in [9.17, 15) is 9.18 Å². The second-order valence-electron chi connectivity index (χ2n) is 7.14. The third kappa shape index (κ3) is 3.67. The molecule has 0 saturated carbocycles. The minimum absolute atomic E-state index is 0.135. The third-order valence-corrected chi connectivity index (χ3v) is 5.49. The summed E-state index contributed by atoms with van der Waals surface area (Å²) < 4.78 is 24.6. The minimum Gasteiger partial charge on any atom is -0.472 e. The number of carbonyl (C=O) groups excluding carboxylic acids is 1. The zero-order valence-electron chi connectivity index (χ0n) is 15.1. The summed E-state index contributed by atoms with van der Waals surface area (Å²) in [5, 5.41) is 0. The predicted octanol–water partition coefficient (Wildman–Crippen LogP) is 2.95. The molecule has 2 aliphatic heterocycles. The molecule has 2 aliphatic rings. The summed E-state index contributed by atoms with van der Waals surface area (Å²) in [5.41, 5.74) is 0.514. The molecule has 1 atom stereocenters. The maximum atomic E-state index is 13.5. The number of hydrogen-bond donors (Lipinski definition) is 0. The lowest BCUT2D eigenvalue weighted by Gasteiger charge is -2.39. The first-order valence-corrected chi connectivity index (χ1v) is 9.39. The van der Waals surface area contributed by atoms with Crippen LogP contribution >= 0.6 is 0 Å². The van der Waals surface area contributed by atoms with E-state index < -0.39 is 11.4 Å². The van der Waals surface area contributed by atoms with Gasteiger partial charge in [-0.2, -0.15) is 9.37 Å². The van der Waals surface area contributed by atoms with Crippen molar-refractivity contribution in [3.8, 4) is 5.88 Å². The van der Waals surface area contributed by atoms with Gasteiger partial charge in [0.15, 0.2) is 0 Å². The van der Waals surface area contributed by atoms with Crippen molar-refractivity contribution in [3.63, 3.8) is 0 Å². The molecule has 0 spiro atoms. The first-order chi connectivity index (χ1) is 13.2. The van der Waals surface area contributed by atoms with Gasteiger partial charge in [-0.05, 0) is 24.5 Å². The van der Waals surface area contributed by atoms with E-state index in [1.165, 1.54) is 6.07 Å². The van der Waals surface area contributed by atoms with Crippen LogP contribution in [0.1, 0.15) is 24.8 Å². The molecule has 1 amide bonds. The van der Waals surface area contributed by atoms with Gasteiger partial charge in [0.1, 0.15) is 6.10 Å². The fourth-order valence-electron chi connectivity index (χ4n) is 4.04. The smallest absolute Gasteiger partial charge is 0.233 e. The number of pyridine rings is 1. The Morgan fingerprint density at radius 3 is 2.67 bits per heavy atom. The highest BCUT2D eigenvalue weighted by Gasteiger charge is 2.45. The number of rotatable bonds is 4. The summed E-state index contributed by atoms with van der Waals surface area (Å²) in [6.07, 6.45) is 1.91.